The lowest BCUT2D eigenvalue weighted by molar-refractivity contribution is -0.189. The summed E-state index contributed by atoms with van der Waals surface area (Å²) in [4.78, 5) is 54.4. The first-order chi connectivity index (χ1) is 16.1. The number of anilines is 1. The normalized spacial score (nSPS) is 27.0. The van der Waals surface area contributed by atoms with Crippen molar-refractivity contribution in [2.24, 2.45) is 5.28 Å². The lowest BCUT2D eigenvalue weighted by atomic mass is 10.1. The summed E-state index contributed by atoms with van der Waals surface area (Å²) in [6.07, 6.45) is -7.55. The van der Waals surface area contributed by atoms with Gasteiger partial charge in [-0.1, -0.05) is 0 Å². The van der Waals surface area contributed by atoms with E-state index in [0.717, 1.165) is 17.2 Å². The zero-order valence-electron chi connectivity index (χ0n) is 16.5. The number of aliphatic hydroxyl groups is 2. The molecular formula is C10H15N8O14P3. The second kappa shape index (κ2) is 10.0. The monoisotopic (exact) mass is 564 g/mol. The highest BCUT2D eigenvalue weighted by molar-refractivity contribution is 7.66. The van der Waals surface area contributed by atoms with Gasteiger partial charge in [0.15, 0.2) is 23.8 Å². The van der Waals surface area contributed by atoms with E-state index in [0.29, 0.717) is 0 Å². The van der Waals surface area contributed by atoms with Gasteiger partial charge in [-0.2, -0.15) is 8.62 Å². The number of nitrogen functional groups attached to an aromatic ring is 1. The van der Waals surface area contributed by atoms with Crippen molar-refractivity contribution in [3.05, 3.63) is 23.1 Å². The van der Waals surface area contributed by atoms with Gasteiger partial charge in [0.2, 0.25) is 6.29 Å². The van der Waals surface area contributed by atoms with Crippen molar-refractivity contribution in [1.82, 2.24) is 19.5 Å². The third-order valence-corrected chi connectivity index (χ3v) is 7.85. The van der Waals surface area contributed by atoms with Gasteiger partial charge in [0, 0.05) is 4.91 Å². The molecule has 35 heavy (non-hydrogen) atoms. The second-order valence-electron chi connectivity index (χ2n) is 6.40. The van der Waals surface area contributed by atoms with Crippen molar-refractivity contribution >= 4 is 40.4 Å². The van der Waals surface area contributed by atoms with E-state index in [2.05, 4.69) is 43.1 Å². The number of fused-ring (bicyclic) bond motifs is 1. The molecule has 2 aromatic heterocycles. The van der Waals surface area contributed by atoms with E-state index < -0.39 is 54.3 Å². The fourth-order valence-corrected chi connectivity index (χ4v) is 5.91. The number of phosphoric ester groups is 1. The maximum absolute atomic E-state index is 12.1. The molecule has 1 saturated heterocycles. The Morgan fingerprint density at radius 3 is 2.43 bits per heavy atom. The molecule has 3 rings (SSSR count). The zero-order valence-corrected chi connectivity index (χ0v) is 19.2. The largest absolute Gasteiger partial charge is 0.490 e. The highest BCUT2D eigenvalue weighted by Gasteiger charge is 2.52. The molecule has 1 aliphatic rings. The van der Waals surface area contributed by atoms with Gasteiger partial charge in [-0.3, -0.25) is 4.57 Å². The topological polar surface area (TPSA) is 337 Å². The average Bonchev–Trinajstić information content (AvgIpc) is 3.25. The van der Waals surface area contributed by atoms with Crippen LogP contribution in [0.3, 0.4) is 0 Å². The van der Waals surface area contributed by atoms with Crippen LogP contribution in [-0.2, 0) is 36.4 Å². The summed E-state index contributed by atoms with van der Waals surface area (Å²) in [5.74, 6) is -0.0319. The molecule has 0 aliphatic carbocycles. The molecule has 0 radical (unpaired) electrons. The number of hydrogen-bond donors (Lipinski definition) is 7. The van der Waals surface area contributed by atoms with E-state index in [-0.39, 0.29) is 17.0 Å². The minimum atomic E-state index is -5.91. The minimum absolute atomic E-state index is 0.0319. The Hall–Kier alpha value is -2.25. The third kappa shape index (κ3) is 6.50. The first-order valence-corrected chi connectivity index (χ1v) is 13.1. The van der Waals surface area contributed by atoms with Crippen LogP contribution in [0.5, 0.6) is 0 Å². The summed E-state index contributed by atoms with van der Waals surface area (Å²) < 4.78 is 52.5. The molecule has 22 nitrogen and oxygen atoms in total. The molecule has 3 heterocycles. The number of hydrogen-bond acceptors (Lipinski definition) is 15. The van der Waals surface area contributed by atoms with Gasteiger partial charge in [-0.25, -0.2) is 33.2 Å². The van der Waals surface area contributed by atoms with Crippen LogP contribution in [0.1, 0.15) is 6.23 Å². The highest BCUT2D eigenvalue weighted by Crippen LogP contribution is 2.66. The maximum atomic E-state index is 12.1. The molecule has 194 valence electrons. The van der Waals surface area contributed by atoms with Crippen LogP contribution in [0.15, 0.2) is 17.9 Å². The lowest BCUT2D eigenvalue weighted by Crippen LogP contribution is -2.40. The van der Waals surface area contributed by atoms with Gasteiger partial charge in [0.1, 0.15) is 29.3 Å². The van der Waals surface area contributed by atoms with Gasteiger partial charge in [-0.15, -0.1) is 0 Å². The van der Waals surface area contributed by atoms with Gasteiger partial charge in [0.25, 0.3) is 0 Å². The van der Waals surface area contributed by atoms with Crippen LogP contribution >= 0.6 is 23.5 Å². The maximum Gasteiger partial charge on any atom is 0.490 e. The second-order valence-corrected chi connectivity index (χ2v) is 10.8. The molecule has 8 N–H and O–H groups in total. The van der Waals surface area contributed by atoms with Crippen LogP contribution in [0.25, 0.3) is 21.6 Å². The molecule has 7 atom stereocenters. The molecule has 0 bridgehead atoms. The Labute approximate surface area is 191 Å². The van der Waals surface area contributed by atoms with E-state index in [9.17, 15) is 33.7 Å². The van der Waals surface area contributed by atoms with Crippen molar-refractivity contribution in [2.75, 3.05) is 5.73 Å². The van der Waals surface area contributed by atoms with E-state index in [1.165, 1.54) is 0 Å². The Morgan fingerprint density at radius 2 is 1.80 bits per heavy atom. The van der Waals surface area contributed by atoms with E-state index in [4.69, 9.17) is 25.8 Å². The summed E-state index contributed by atoms with van der Waals surface area (Å²) in [6, 6.07) is 0. The summed E-state index contributed by atoms with van der Waals surface area (Å²) >= 11 is 0. The number of nitrogens with zero attached hydrogens (tertiary/aromatic N) is 7. The van der Waals surface area contributed by atoms with E-state index in [1.54, 1.807) is 0 Å². The summed E-state index contributed by atoms with van der Waals surface area (Å²) in [5.41, 5.74) is 14.3. The molecule has 1 fully saturated rings. The fourth-order valence-electron chi connectivity index (χ4n) is 2.83. The first-order valence-electron chi connectivity index (χ1n) is 8.61. The smallest absolute Gasteiger partial charge is 0.399 e. The van der Waals surface area contributed by atoms with Crippen LogP contribution in [0.4, 0.5) is 5.82 Å². The van der Waals surface area contributed by atoms with Crippen LogP contribution in [0, 0.1) is 0 Å². The predicted octanol–water partition coefficient (Wildman–Crippen LogP) is -1.06. The van der Waals surface area contributed by atoms with Gasteiger partial charge >= 0.3 is 23.5 Å². The quantitative estimate of drug-likeness (QED) is 0.0451. The Morgan fingerprint density at radius 1 is 1.11 bits per heavy atom. The van der Waals surface area contributed by atoms with Crippen LogP contribution in [0.2, 0.25) is 0 Å². The minimum Gasteiger partial charge on any atom is -0.399 e. The number of aromatic nitrogens is 4. The van der Waals surface area contributed by atoms with Crippen molar-refractivity contribution in [3.8, 4) is 0 Å². The average molecular weight is 564 g/mol. The molecule has 3 unspecified atom stereocenters. The first kappa shape index (κ1) is 27.3. The molecule has 0 amide bonds. The Kier molecular flexibility index (Phi) is 7.82. The number of nitrogens with two attached hydrogens (primary N) is 1. The summed E-state index contributed by atoms with van der Waals surface area (Å²) in [7, 11) is -17.4. The predicted molar refractivity (Wildman–Crippen MR) is 105 cm³/mol. The van der Waals surface area contributed by atoms with E-state index >= 15 is 0 Å². The lowest BCUT2D eigenvalue weighted by Gasteiger charge is -2.25. The third-order valence-electron chi connectivity index (χ3n) is 4.05. The number of phosphoric acid groups is 3. The van der Waals surface area contributed by atoms with E-state index in [1.807, 2.05) is 0 Å². The number of azide groups is 1. The molecule has 0 spiro atoms. The number of rotatable bonds is 10. The molecule has 2 aromatic rings. The van der Waals surface area contributed by atoms with Crippen molar-refractivity contribution in [1.29, 1.82) is 0 Å². The summed E-state index contributed by atoms with van der Waals surface area (Å²) in [6.45, 7) is 0. The molecule has 25 heteroatoms. The Balaban J connectivity index is 1.86. The molecule has 1 aliphatic heterocycles. The zero-order chi connectivity index (χ0) is 26.2. The summed E-state index contributed by atoms with van der Waals surface area (Å²) in [5, 5.41) is 23.5. The highest BCUT2D eigenvalue weighted by atomic mass is 31.3. The molecular weight excluding hydrogens is 549 g/mol. The number of imidazole rings is 1. The fraction of sp³-hybridized carbons (Fsp3) is 0.500. The van der Waals surface area contributed by atoms with Gasteiger partial charge in [0.05, 0.1) is 6.33 Å². The number of aliphatic hydroxyl groups excluding tert-OH is 2. The van der Waals surface area contributed by atoms with Gasteiger partial charge in [-0.05, 0) is 5.53 Å². The van der Waals surface area contributed by atoms with Crippen molar-refractivity contribution in [2.45, 2.75) is 30.8 Å². The number of ether oxygens (including phenoxy) is 1. The SMILES string of the molecule is [N-]=[N+]=NOC(OP(=O)(O)OP(=O)(O)OP(=O)(O)O)[C@H]1O[C@@H](n2cnc3c(N)ncnc32)[C@H](O)[C@@H]1O. The van der Waals surface area contributed by atoms with Gasteiger partial charge < -0.3 is 45.1 Å². The van der Waals surface area contributed by atoms with Crippen molar-refractivity contribution < 1.29 is 66.2 Å². The van der Waals surface area contributed by atoms with Crippen molar-refractivity contribution in [3.63, 3.8) is 0 Å². The van der Waals surface area contributed by atoms with Crippen LogP contribution < -0.4 is 5.73 Å². The Bertz CT molecular complexity index is 1280. The molecule has 0 saturated carbocycles. The molecule has 0 aromatic carbocycles. The standard InChI is InChI=1S/C10H15N8O14P3/c11-7-3-8(14-1-13-7)18(2-15-3)9-5(20)4(19)6(28-9)10(29-17-16-12)30-34(24,25)32-35(26,27)31-33(21,22)23/h1-2,4-6,9-10,19-20H,(H,24,25)(H,26,27)(H2,11,13,14)(H2,21,22,23)/t4-,5+,6-,9+,10?/m0/s1. The van der Waals surface area contributed by atoms with Crippen LogP contribution in [-0.4, -0.2) is 73.9 Å².